The molecule has 130 valence electrons. The minimum Gasteiger partial charge on any atom is -0.339 e. The van der Waals surface area contributed by atoms with Crippen LogP contribution in [0.2, 0.25) is 0 Å². The second kappa shape index (κ2) is 6.14. The lowest BCUT2D eigenvalue weighted by atomic mass is 9.84. The number of H-pyrrole nitrogens is 1. The minimum atomic E-state index is -2.76. The molecule has 0 atom stereocenters. The molecule has 6 nitrogen and oxygen atoms in total. The first-order valence-electron chi connectivity index (χ1n) is 7.82. The van der Waals surface area contributed by atoms with Crippen molar-refractivity contribution in [1.82, 2.24) is 19.4 Å². The molecule has 0 bridgehead atoms. The highest BCUT2D eigenvalue weighted by atomic mass is 32.1. The molecular formula is C16H15F2N5OS. The van der Waals surface area contributed by atoms with Crippen molar-refractivity contribution in [1.29, 1.82) is 0 Å². The zero-order chi connectivity index (χ0) is 17.6. The number of aromatic nitrogens is 4. The van der Waals surface area contributed by atoms with Gasteiger partial charge in [-0.25, -0.2) is 18.7 Å². The summed E-state index contributed by atoms with van der Waals surface area (Å²) in [5.41, 5.74) is 0.373. The van der Waals surface area contributed by atoms with Crippen LogP contribution in [-0.4, -0.2) is 30.5 Å². The van der Waals surface area contributed by atoms with Gasteiger partial charge in [-0.1, -0.05) is 0 Å². The molecule has 4 rings (SSSR count). The standard InChI is InChI=1S/C16H15F2N5OS/c17-12(18)11-14(21-13(20-11)8-6-9(25)7-8)22-16(24)10-2-5-23-4-1-3-19-15(10)23/h1-5,8-9,12,25H,6-7H2,(H,20,21)(H,22,24). The Morgan fingerprint density at radius 1 is 1.40 bits per heavy atom. The fraction of sp³-hybridized carbons (Fsp3) is 0.312. The van der Waals surface area contributed by atoms with E-state index in [1.165, 1.54) is 0 Å². The normalized spacial score (nSPS) is 20.0. The Labute approximate surface area is 147 Å². The van der Waals surface area contributed by atoms with Gasteiger partial charge in [-0.05, 0) is 25.0 Å². The number of hydrogen-bond acceptors (Lipinski definition) is 4. The quantitative estimate of drug-likeness (QED) is 0.622. The molecule has 0 aliphatic heterocycles. The van der Waals surface area contributed by atoms with Crippen LogP contribution < -0.4 is 5.32 Å². The van der Waals surface area contributed by atoms with Gasteiger partial charge in [0.1, 0.15) is 17.2 Å². The number of halogens is 2. The number of hydrogen-bond donors (Lipinski definition) is 3. The molecule has 0 aromatic carbocycles. The van der Waals surface area contributed by atoms with Crippen molar-refractivity contribution in [3.05, 3.63) is 47.8 Å². The summed E-state index contributed by atoms with van der Waals surface area (Å²) in [6.45, 7) is 0. The van der Waals surface area contributed by atoms with E-state index < -0.39 is 12.3 Å². The van der Waals surface area contributed by atoms with Crippen molar-refractivity contribution in [2.75, 3.05) is 5.32 Å². The van der Waals surface area contributed by atoms with Crippen molar-refractivity contribution in [2.45, 2.75) is 30.4 Å². The average molecular weight is 363 g/mol. The van der Waals surface area contributed by atoms with Gasteiger partial charge in [-0.15, -0.1) is 0 Å². The van der Waals surface area contributed by atoms with Gasteiger partial charge in [0.2, 0.25) is 0 Å². The van der Waals surface area contributed by atoms with Crippen molar-refractivity contribution < 1.29 is 13.6 Å². The van der Waals surface area contributed by atoms with E-state index in [4.69, 9.17) is 0 Å². The summed E-state index contributed by atoms with van der Waals surface area (Å²) in [6.07, 6.45) is 3.80. The summed E-state index contributed by atoms with van der Waals surface area (Å²) in [6, 6.07) is 3.32. The number of carbonyl (C=O) groups excluding carboxylic acids is 1. The molecule has 0 saturated heterocycles. The maximum absolute atomic E-state index is 13.3. The number of carbonyl (C=O) groups is 1. The van der Waals surface area contributed by atoms with Crippen molar-refractivity contribution >= 4 is 30.0 Å². The Kier molecular flexibility index (Phi) is 3.95. The van der Waals surface area contributed by atoms with Crippen molar-refractivity contribution in [2.24, 2.45) is 0 Å². The number of fused-ring (bicyclic) bond motifs is 1. The third-order valence-electron chi connectivity index (χ3n) is 4.36. The molecule has 1 amide bonds. The van der Waals surface area contributed by atoms with Crippen LogP contribution in [0.15, 0.2) is 30.7 Å². The zero-order valence-electron chi connectivity index (χ0n) is 13.0. The molecule has 1 fully saturated rings. The summed E-state index contributed by atoms with van der Waals surface area (Å²) < 4.78 is 28.3. The van der Waals surface area contributed by atoms with E-state index in [-0.39, 0.29) is 22.7 Å². The Hall–Kier alpha value is -2.42. The van der Waals surface area contributed by atoms with Gasteiger partial charge in [0.05, 0.1) is 5.56 Å². The molecule has 0 radical (unpaired) electrons. The summed E-state index contributed by atoms with van der Waals surface area (Å²) >= 11 is 4.33. The number of alkyl halides is 2. The van der Waals surface area contributed by atoms with Gasteiger partial charge in [0.25, 0.3) is 12.3 Å². The van der Waals surface area contributed by atoms with Crippen molar-refractivity contribution in [3.63, 3.8) is 0 Å². The Bertz CT molecular complexity index is 932. The highest BCUT2D eigenvalue weighted by Gasteiger charge is 2.32. The first kappa shape index (κ1) is 16.1. The topological polar surface area (TPSA) is 75.1 Å². The molecule has 2 N–H and O–H groups in total. The fourth-order valence-corrected chi connectivity index (χ4v) is 3.46. The minimum absolute atomic E-state index is 0.0719. The number of imidazole rings is 1. The van der Waals surface area contributed by atoms with E-state index in [0.717, 1.165) is 12.8 Å². The van der Waals surface area contributed by atoms with Gasteiger partial charge >= 0.3 is 0 Å². The molecule has 3 heterocycles. The second-order valence-electron chi connectivity index (χ2n) is 6.04. The molecule has 0 spiro atoms. The van der Waals surface area contributed by atoms with E-state index >= 15 is 0 Å². The SMILES string of the molecule is O=C(Nc1nc(C2CC(S)C2)[nH]c1C(F)F)c1ccn2cccnc12. The predicted molar refractivity (Wildman–Crippen MR) is 91.4 cm³/mol. The van der Waals surface area contributed by atoms with Crippen LogP contribution in [0.25, 0.3) is 5.65 Å². The number of thiol groups is 1. The molecule has 1 saturated carbocycles. The van der Waals surface area contributed by atoms with E-state index in [9.17, 15) is 13.6 Å². The molecule has 3 aromatic heterocycles. The molecule has 9 heteroatoms. The summed E-state index contributed by atoms with van der Waals surface area (Å²) in [5, 5.41) is 2.75. The van der Waals surface area contributed by atoms with E-state index in [2.05, 4.69) is 32.9 Å². The number of anilines is 1. The Morgan fingerprint density at radius 2 is 2.20 bits per heavy atom. The molecule has 25 heavy (non-hydrogen) atoms. The average Bonchev–Trinajstić information content (AvgIpc) is 3.15. The Morgan fingerprint density at radius 3 is 2.92 bits per heavy atom. The fourth-order valence-electron chi connectivity index (χ4n) is 2.96. The van der Waals surface area contributed by atoms with Crippen LogP contribution in [0.5, 0.6) is 0 Å². The third-order valence-corrected chi connectivity index (χ3v) is 4.78. The first-order chi connectivity index (χ1) is 12.0. The van der Waals surface area contributed by atoms with Crippen molar-refractivity contribution in [3.8, 4) is 0 Å². The lowest BCUT2D eigenvalue weighted by Crippen LogP contribution is -2.23. The third kappa shape index (κ3) is 2.88. The van der Waals surface area contributed by atoms with Gasteiger partial charge in [0, 0.05) is 29.8 Å². The number of nitrogens with zero attached hydrogens (tertiary/aromatic N) is 3. The van der Waals surface area contributed by atoms with Crippen LogP contribution >= 0.6 is 12.6 Å². The van der Waals surface area contributed by atoms with Crippen LogP contribution in [-0.2, 0) is 0 Å². The maximum atomic E-state index is 13.3. The van der Waals surface area contributed by atoms with Crippen LogP contribution in [0.3, 0.4) is 0 Å². The summed E-state index contributed by atoms with van der Waals surface area (Å²) in [7, 11) is 0. The monoisotopic (exact) mass is 363 g/mol. The highest BCUT2D eigenvalue weighted by molar-refractivity contribution is 7.81. The molecule has 1 aliphatic carbocycles. The van der Waals surface area contributed by atoms with Crippen LogP contribution in [0.4, 0.5) is 14.6 Å². The lowest BCUT2D eigenvalue weighted by Gasteiger charge is -2.29. The van der Waals surface area contributed by atoms with Crippen LogP contribution in [0, 0.1) is 0 Å². The number of amides is 1. The highest BCUT2D eigenvalue weighted by Crippen LogP contribution is 2.40. The number of aromatic amines is 1. The number of nitrogens with one attached hydrogen (secondary N) is 2. The van der Waals surface area contributed by atoms with E-state index in [1.807, 2.05) is 0 Å². The van der Waals surface area contributed by atoms with E-state index in [1.54, 1.807) is 35.1 Å². The van der Waals surface area contributed by atoms with Gasteiger partial charge in [-0.3, -0.25) is 4.79 Å². The Balaban J connectivity index is 1.62. The van der Waals surface area contributed by atoms with Gasteiger partial charge in [0.15, 0.2) is 5.82 Å². The smallest absolute Gasteiger partial charge is 0.281 e. The molecular weight excluding hydrogens is 348 g/mol. The largest absolute Gasteiger partial charge is 0.339 e. The summed E-state index contributed by atoms with van der Waals surface area (Å²) in [4.78, 5) is 23.5. The summed E-state index contributed by atoms with van der Waals surface area (Å²) in [5.74, 6) is -0.117. The zero-order valence-corrected chi connectivity index (χ0v) is 13.9. The van der Waals surface area contributed by atoms with Gasteiger partial charge in [-0.2, -0.15) is 12.6 Å². The lowest BCUT2D eigenvalue weighted by molar-refractivity contribution is 0.102. The predicted octanol–water partition coefficient (Wildman–Crippen LogP) is 3.42. The molecule has 1 aliphatic rings. The first-order valence-corrected chi connectivity index (χ1v) is 8.33. The van der Waals surface area contributed by atoms with Gasteiger partial charge < -0.3 is 14.7 Å². The molecule has 0 unspecified atom stereocenters. The number of rotatable bonds is 4. The second-order valence-corrected chi connectivity index (χ2v) is 6.77. The van der Waals surface area contributed by atoms with Crippen LogP contribution in [0.1, 0.15) is 47.1 Å². The molecule has 3 aromatic rings. The van der Waals surface area contributed by atoms with E-state index in [0.29, 0.717) is 17.0 Å². The maximum Gasteiger partial charge on any atom is 0.281 e.